The van der Waals surface area contributed by atoms with Crippen LogP contribution in [0.5, 0.6) is 0 Å². The number of nitriles is 1. The van der Waals surface area contributed by atoms with Crippen LogP contribution >= 0.6 is 0 Å². The summed E-state index contributed by atoms with van der Waals surface area (Å²) in [5.41, 5.74) is 0.335. The van der Waals surface area contributed by atoms with Crippen LogP contribution in [0, 0.1) is 11.3 Å². The van der Waals surface area contributed by atoms with E-state index in [0.717, 1.165) is 32.8 Å². The standard InChI is InChI=1S/C12H17N5O/c1-10(9-17-2-4-18-5-3-17)16-12-8-14-11(6-13)7-15-12/h7-8,10H,2-5,9H2,1H3,(H,15,16). The lowest BCUT2D eigenvalue weighted by Gasteiger charge is -2.29. The van der Waals surface area contributed by atoms with E-state index in [-0.39, 0.29) is 6.04 Å². The molecule has 1 saturated heterocycles. The summed E-state index contributed by atoms with van der Waals surface area (Å²) in [6.07, 6.45) is 3.07. The molecule has 2 heterocycles. The first-order valence-corrected chi connectivity index (χ1v) is 6.06. The molecule has 96 valence electrons. The molecule has 1 aliphatic rings. The number of nitrogens with one attached hydrogen (secondary N) is 1. The molecule has 0 aliphatic carbocycles. The van der Waals surface area contributed by atoms with Crippen LogP contribution in [0.1, 0.15) is 12.6 Å². The van der Waals surface area contributed by atoms with Crippen LogP contribution < -0.4 is 5.32 Å². The first kappa shape index (κ1) is 12.7. The average Bonchev–Trinajstić information content (AvgIpc) is 2.40. The van der Waals surface area contributed by atoms with Crippen LogP contribution in [-0.2, 0) is 4.74 Å². The van der Waals surface area contributed by atoms with Gasteiger partial charge in [-0.1, -0.05) is 0 Å². The summed E-state index contributed by atoms with van der Waals surface area (Å²) in [5, 5.41) is 11.9. The lowest BCUT2D eigenvalue weighted by atomic mass is 10.3. The molecule has 1 aliphatic heterocycles. The van der Waals surface area contributed by atoms with Crippen LogP contribution in [0.2, 0.25) is 0 Å². The van der Waals surface area contributed by atoms with Crippen molar-refractivity contribution in [1.82, 2.24) is 14.9 Å². The Labute approximate surface area is 107 Å². The quantitative estimate of drug-likeness (QED) is 0.834. The average molecular weight is 247 g/mol. The van der Waals surface area contributed by atoms with E-state index >= 15 is 0 Å². The minimum Gasteiger partial charge on any atom is -0.379 e. The van der Waals surface area contributed by atoms with E-state index in [1.807, 2.05) is 6.07 Å². The Morgan fingerprint density at radius 3 is 2.83 bits per heavy atom. The predicted octanol–water partition coefficient (Wildman–Crippen LogP) is 0.481. The number of nitrogens with zero attached hydrogens (tertiary/aromatic N) is 4. The first-order valence-electron chi connectivity index (χ1n) is 6.06. The molecule has 1 aromatic rings. The number of rotatable bonds is 4. The molecule has 0 aromatic carbocycles. The van der Waals surface area contributed by atoms with Gasteiger partial charge in [0, 0.05) is 25.7 Å². The molecule has 0 saturated carbocycles. The summed E-state index contributed by atoms with van der Waals surface area (Å²) in [4.78, 5) is 10.5. The fraction of sp³-hybridized carbons (Fsp3) is 0.583. The van der Waals surface area contributed by atoms with Gasteiger partial charge >= 0.3 is 0 Å². The smallest absolute Gasteiger partial charge is 0.158 e. The van der Waals surface area contributed by atoms with Gasteiger partial charge in [-0.3, -0.25) is 4.90 Å². The Kier molecular flexibility index (Phi) is 4.45. The second-order valence-corrected chi connectivity index (χ2v) is 4.36. The molecule has 18 heavy (non-hydrogen) atoms. The highest BCUT2D eigenvalue weighted by molar-refractivity contribution is 5.34. The summed E-state index contributed by atoms with van der Waals surface area (Å²) in [5.74, 6) is 0.703. The Morgan fingerprint density at radius 2 is 2.22 bits per heavy atom. The molecule has 6 heteroatoms. The van der Waals surface area contributed by atoms with Gasteiger partial charge in [0.2, 0.25) is 0 Å². The van der Waals surface area contributed by atoms with Gasteiger partial charge in [-0.15, -0.1) is 0 Å². The second kappa shape index (κ2) is 6.28. The molecule has 0 bridgehead atoms. The van der Waals surface area contributed by atoms with Gasteiger partial charge in [0.05, 0.1) is 25.6 Å². The predicted molar refractivity (Wildman–Crippen MR) is 67.1 cm³/mol. The Hall–Kier alpha value is -1.71. The number of hydrogen-bond donors (Lipinski definition) is 1. The molecule has 1 aromatic heterocycles. The number of anilines is 1. The molecule has 1 atom stereocenters. The molecule has 1 N–H and O–H groups in total. The summed E-state index contributed by atoms with van der Waals surface area (Å²) in [6, 6.07) is 2.23. The molecule has 0 radical (unpaired) electrons. The van der Waals surface area contributed by atoms with E-state index in [9.17, 15) is 0 Å². The highest BCUT2D eigenvalue weighted by Crippen LogP contribution is 2.05. The lowest BCUT2D eigenvalue weighted by Crippen LogP contribution is -2.42. The zero-order valence-corrected chi connectivity index (χ0v) is 10.5. The van der Waals surface area contributed by atoms with Crippen LogP contribution in [-0.4, -0.2) is 53.8 Å². The van der Waals surface area contributed by atoms with Crippen molar-refractivity contribution in [1.29, 1.82) is 5.26 Å². The Balaban J connectivity index is 1.82. The van der Waals surface area contributed by atoms with Gasteiger partial charge in [0.1, 0.15) is 11.9 Å². The molecule has 0 spiro atoms. The van der Waals surface area contributed by atoms with Crippen molar-refractivity contribution < 1.29 is 4.74 Å². The van der Waals surface area contributed by atoms with Crippen molar-refractivity contribution in [3.05, 3.63) is 18.1 Å². The van der Waals surface area contributed by atoms with Crippen molar-refractivity contribution in [2.45, 2.75) is 13.0 Å². The first-order chi connectivity index (χ1) is 8.78. The summed E-state index contributed by atoms with van der Waals surface area (Å²) in [7, 11) is 0. The van der Waals surface area contributed by atoms with Crippen molar-refractivity contribution in [2.24, 2.45) is 0 Å². The highest BCUT2D eigenvalue weighted by Gasteiger charge is 2.13. The van der Waals surface area contributed by atoms with Crippen molar-refractivity contribution in [3.8, 4) is 6.07 Å². The molecule has 1 fully saturated rings. The number of ether oxygens (including phenoxy) is 1. The number of morpholine rings is 1. The topological polar surface area (TPSA) is 74.1 Å². The molecular formula is C12H17N5O. The molecular weight excluding hydrogens is 230 g/mol. The lowest BCUT2D eigenvalue weighted by molar-refractivity contribution is 0.0368. The summed E-state index contributed by atoms with van der Waals surface area (Å²) < 4.78 is 5.31. The number of aromatic nitrogens is 2. The minimum absolute atomic E-state index is 0.283. The van der Waals surface area contributed by atoms with Crippen LogP contribution in [0.15, 0.2) is 12.4 Å². The van der Waals surface area contributed by atoms with Crippen LogP contribution in [0.3, 0.4) is 0 Å². The zero-order chi connectivity index (χ0) is 12.8. The van der Waals surface area contributed by atoms with Crippen molar-refractivity contribution in [3.63, 3.8) is 0 Å². The zero-order valence-electron chi connectivity index (χ0n) is 10.5. The maximum atomic E-state index is 8.64. The van der Waals surface area contributed by atoms with E-state index < -0.39 is 0 Å². The third-order valence-corrected chi connectivity index (χ3v) is 2.80. The Bertz CT molecular complexity index is 407. The van der Waals surface area contributed by atoms with E-state index in [1.54, 1.807) is 6.20 Å². The molecule has 0 amide bonds. The third-order valence-electron chi connectivity index (χ3n) is 2.80. The Morgan fingerprint density at radius 1 is 1.44 bits per heavy atom. The maximum absolute atomic E-state index is 8.64. The normalized spacial score (nSPS) is 18.0. The van der Waals surface area contributed by atoms with Crippen LogP contribution in [0.4, 0.5) is 5.82 Å². The largest absolute Gasteiger partial charge is 0.379 e. The highest BCUT2D eigenvalue weighted by atomic mass is 16.5. The molecule has 2 rings (SSSR count). The fourth-order valence-corrected chi connectivity index (χ4v) is 1.93. The van der Waals surface area contributed by atoms with Gasteiger partial charge < -0.3 is 10.1 Å². The van der Waals surface area contributed by atoms with E-state index in [0.29, 0.717) is 11.5 Å². The maximum Gasteiger partial charge on any atom is 0.158 e. The number of hydrogen-bond acceptors (Lipinski definition) is 6. The van der Waals surface area contributed by atoms with Crippen molar-refractivity contribution in [2.75, 3.05) is 38.2 Å². The monoisotopic (exact) mass is 247 g/mol. The second-order valence-electron chi connectivity index (χ2n) is 4.36. The summed E-state index contributed by atoms with van der Waals surface area (Å²) in [6.45, 7) is 6.63. The van der Waals surface area contributed by atoms with Gasteiger partial charge in [0.15, 0.2) is 5.69 Å². The van der Waals surface area contributed by atoms with Gasteiger partial charge in [-0.25, -0.2) is 9.97 Å². The van der Waals surface area contributed by atoms with Crippen molar-refractivity contribution >= 4 is 5.82 Å². The van der Waals surface area contributed by atoms with Gasteiger partial charge in [-0.2, -0.15) is 5.26 Å². The minimum atomic E-state index is 0.283. The van der Waals surface area contributed by atoms with E-state index in [2.05, 4.69) is 27.1 Å². The summed E-state index contributed by atoms with van der Waals surface area (Å²) >= 11 is 0. The molecule has 6 nitrogen and oxygen atoms in total. The van der Waals surface area contributed by atoms with E-state index in [1.165, 1.54) is 6.20 Å². The van der Waals surface area contributed by atoms with E-state index in [4.69, 9.17) is 10.00 Å². The van der Waals surface area contributed by atoms with Gasteiger partial charge in [0.25, 0.3) is 0 Å². The molecule has 1 unspecified atom stereocenters. The van der Waals surface area contributed by atoms with Crippen LogP contribution in [0.25, 0.3) is 0 Å². The van der Waals surface area contributed by atoms with Gasteiger partial charge in [-0.05, 0) is 6.92 Å². The SMILES string of the molecule is CC(CN1CCOCC1)Nc1cnc(C#N)cn1. The fourth-order valence-electron chi connectivity index (χ4n) is 1.93. The third kappa shape index (κ3) is 3.65.